The number of ether oxygens (including phenoxy) is 2. The lowest BCUT2D eigenvalue weighted by atomic mass is 10.0. The van der Waals surface area contributed by atoms with Gasteiger partial charge in [-0.05, 0) is 44.4 Å². The third-order valence-electron chi connectivity index (χ3n) is 3.36. The van der Waals surface area contributed by atoms with Crippen molar-refractivity contribution in [2.45, 2.75) is 33.7 Å². The first-order valence-electron chi connectivity index (χ1n) is 7.65. The Hall–Kier alpha value is -2.12. The molecule has 136 valence electrons. The normalized spacial score (nSPS) is 11.1. The zero-order chi connectivity index (χ0) is 18.7. The van der Waals surface area contributed by atoms with E-state index in [2.05, 4.69) is 24.0 Å². The van der Waals surface area contributed by atoms with Crippen LogP contribution in [0.1, 0.15) is 23.6 Å². The molecule has 24 heavy (non-hydrogen) atoms. The van der Waals surface area contributed by atoms with E-state index < -0.39 is 5.97 Å². The molecule has 7 heteroatoms. The summed E-state index contributed by atoms with van der Waals surface area (Å²) in [6.07, 6.45) is 0. The lowest BCUT2D eigenvalue weighted by Crippen LogP contribution is -2.29. The van der Waals surface area contributed by atoms with Crippen LogP contribution in [0.3, 0.4) is 0 Å². The van der Waals surface area contributed by atoms with Crippen LogP contribution in [-0.2, 0) is 19.1 Å². The van der Waals surface area contributed by atoms with E-state index in [9.17, 15) is 9.59 Å². The van der Waals surface area contributed by atoms with Gasteiger partial charge in [-0.2, -0.15) is 0 Å². The second-order valence-corrected chi connectivity index (χ2v) is 5.32. The van der Waals surface area contributed by atoms with Gasteiger partial charge in [-0.25, -0.2) is 4.79 Å². The van der Waals surface area contributed by atoms with Crippen LogP contribution in [0.25, 0.3) is 0 Å². The second-order valence-electron chi connectivity index (χ2n) is 5.32. The lowest BCUT2D eigenvalue weighted by molar-refractivity contribution is -0.145. The quantitative estimate of drug-likeness (QED) is 0.511. The highest BCUT2D eigenvalue weighted by Gasteiger charge is 2.16. The maximum Gasteiger partial charge on any atom is 0.328 e. The van der Waals surface area contributed by atoms with Crippen molar-refractivity contribution in [2.75, 3.05) is 32.2 Å². The van der Waals surface area contributed by atoms with Crippen LogP contribution in [0.15, 0.2) is 12.1 Å². The summed E-state index contributed by atoms with van der Waals surface area (Å²) in [7, 11) is 1.58. The molecule has 0 unspecified atom stereocenters. The van der Waals surface area contributed by atoms with Crippen LogP contribution >= 0.6 is 0 Å². The summed E-state index contributed by atoms with van der Waals surface area (Å²) in [5.41, 5.74) is 9.07. The number of hydrogen-bond acceptors (Lipinski definition) is 6. The molecular formula is C17H28N2O5. The average Bonchev–Trinajstić information content (AvgIpc) is 2.55. The highest BCUT2D eigenvalue weighted by molar-refractivity contribution is 5.79. The van der Waals surface area contributed by atoms with Gasteiger partial charge in [0.05, 0.1) is 13.2 Å². The summed E-state index contributed by atoms with van der Waals surface area (Å²) in [6.45, 7) is 8.36. The smallest absolute Gasteiger partial charge is 0.328 e. The molecule has 4 N–H and O–H groups in total. The van der Waals surface area contributed by atoms with Crippen molar-refractivity contribution in [3.8, 4) is 0 Å². The van der Waals surface area contributed by atoms with E-state index in [-0.39, 0.29) is 25.2 Å². The minimum Gasteiger partial charge on any atom is -0.480 e. The van der Waals surface area contributed by atoms with E-state index in [0.29, 0.717) is 6.61 Å². The molecule has 1 aromatic carbocycles. The van der Waals surface area contributed by atoms with Crippen molar-refractivity contribution in [2.24, 2.45) is 5.73 Å². The van der Waals surface area contributed by atoms with Gasteiger partial charge in [-0.15, -0.1) is 0 Å². The number of esters is 1. The molecule has 0 aliphatic heterocycles. The molecule has 7 nitrogen and oxygen atoms in total. The Morgan fingerprint density at radius 1 is 1.21 bits per heavy atom. The fourth-order valence-electron chi connectivity index (χ4n) is 1.80. The van der Waals surface area contributed by atoms with E-state index in [0.717, 1.165) is 16.8 Å². The topological polar surface area (TPSA) is 111 Å². The zero-order valence-electron chi connectivity index (χ0n) is 15.0. The maximum absolute atomic E-state index is 11.8. The molecule has 0 bridgehead atoms. The van der Waals surface area contributed by atoms with Gasteiger partial charge in [-0.3, -0.25) is 4.79 Å². The molecular weight excluding hydrogens is 312 g/mol. The summed E-state index contributed by atoms with van der Waals surface area (Å²) in [6, 6.07) is 3.75. The van der Waals surface area contributed by atoms with Gasteiger partial charge >= 0.3 is 11.9 Å². The number of nitrogens with two attached hydrogens (primary N) is 1. The Morgan fingerprint density at radius 3 is 2.25 bits per heavy atom. The SMILES string of the molecule is COCCOC(=O)[C@H](C)Nc1c(C)ccc(C)c1C.NCC(=O)O. The summed E-state index contributed by atoms with van der Waals surface area (Å²) in [4.78, 5) is 21.0. The molecule has 0 aliphatic rings. The average molecular weight is 340 g/mol. The van der Waals surface area contributed by atoms with Crippen molar-refractivity contribution >= 4 is 17.6 Å². The maximum atomic E-state index is 11.8. The first-order chi connectivity index (χ1) is 11.2. The lowest BCUT2D eigenvalue weighted by Gasteiger charge is -2.19. The summed E-state index contributed by atoms with van der Waals surface area (Å²) < 4.78 is 9.95. The minimum absolute atomic E-state index is 0.266. The predicted molar refractivity (Wildman–Crippen MR) is 93.3 cm³/mol. The number of hydrogen-bond donors (Lipinski definition) is 3. The van der Waals surface area contributed by atoms with E-state index in [4.69, 9.17) is 14.6 Å². The van der Waals surface area contributed by atoms with Crippen molar-refractivity contribution in [1.29, 1.82) is 0 Å². The van der Waals surface area contributed by atoms with Gasteiger partial charge in [0.25, 0.3) is 0 Å². The van der Waals surface area contributed by atoms with Gasteiger partial charge < -0.3 is 25.6 Å². The highest BCUT2D eigenvalue weighted by atomic mass is 16.6. The Labute approximate surface area is 143 Å². The van der Waals surface area contributed by atoms with Crippen LogP contribution in [0, 0.1) is 20.8 Å². The molecule has 0 spiro atoms. The number of anilines is 1. The third kappa shape index (κ3) is 7.94. The molecule has 1 aromatic rings. The van der Waals surface area contributed by atoms with E-state index in [1.807, 2.05) is 19.9 Å². The monoisotopic (exact) mass is 340 g/mol. The van der Waals surface area contributed by atoms with Crippen molar-refractivity contribution in [3.63, 3.8) is 0 Å². The summed E-state index contributed by atoms with van der Waals surface area (Å²) in [5, 5.41) is 10.8. The van der Waals surface area contributed by atoms with Crippen molar-refractivity contribution in [1.82, 2.24) is 0 Å². The van der Waals surface area contributed by atoms with Gasteiger partial charge in [-0.1, -0.05) is 12.1 Å². The Kier molecular flexibility index (Phi) is 10.4. The number of nitrogens with one attached hydrogen (secondary N) is 1. The molecule has 0 amide bonds. The van der Waals surface area contributed by atoms with Crippen molar-refractivity contribution < 1.29 is 24.2 Å². The number of rotatable bonds is 7. The number of aryl methyl sites for hydroxylation is 2. The van der Waals surface area contributed by atoms with E-state index in [1.165, 1.54) is 5.56 Å². The minimum atomic E-state index is -0.968. The molecule has 0 radical (unpaired) electrons. The number of aliphatic carboxylic acids is 1. The first kappa shape index (κ1) is 21.9. The molecule has 0 fully saturated rings. The fraction of sp³-hybridized carbons (Fsp3) is 0.529. The molecule has 1 atom stereocenters. The highest BCUT2D eigenvalue weighted by Crippen LogP contribution is 2.23. The van der Waals surface area contributed by atoms with Gasteiger partial charge in [0.15, 0.2) is 0 Å². The number of carbonyl (C=O) groups excluding carboxylic acids is 1. The van der Waals surface area contributed by atoms with Crippen LogP contribution < -0.4 is 11.1 Å². The van der Waals surface area contributed by atoms with Gasteiger partial charge in [0, 0.05) is 12.8 Å². The first-order valence-corrected chi connectivity index (χ1v) is 7.65. The number of carboxylic acids is 1. The third-order valence-corrected chi connectivity index (χ3v) is 3.36. The Morgan fingerprint density at radius 2 is 1.75 bits per heavy atom. The number of benzene rings is 1. The van der Waals surface area contributed by atoms with E-state index >= 15 is 0 Å². The number of carboxylic acid groups (broad SMARTS) is 1. The van der Waals surface area contributed by atoms with Crippen LogP contribution in [0.2, 0.25) is 0 Å². The van der Waals surface area contributed by atoms with E-state index in [1.54, 1.807) is 14.0 Å². The Bertz CT molecular complexity index is 546. The van der Waals surface area contributed by atoms with Crippen molar-refractivity contribution in [3.05, 3.63) is 28.8 Å². The van der Waals surface area contributed by atoms with Gasteiger partial charge in [0.2, 0.25) is 0 Å². The number of carbonyl (C=O) groups is 2. The fourth-order valence-corrected chi connectivity index (χ4v) is 1.80. The molecule has 1 rings (SSSR count). The predicted octanol–water partition coefficient (Wildman–Crippen LogP) is 1.63. The van der Waals surface area contributed by atoms with Crippen LogP contribution in [0.4, 0.5) is 5.69 Å². The molecule has 0 saturated carbocycles. The number of methoxy groups -OCH3 is 1. The standard InChI is InChI=1S/C15H23NO3.C2H5NO2/c1-10-6-7-11(2)14(12(10)3)16-13(4)15(17)19-9-8-18-5;3-1-2(4)5/h6-7,13,16H,8-9H2,1-5H3;1,3H2,(H,4,5)/t13-;/m0./s1. The second kappa shape index (κ2) is 11.4. The molecule has 0 heterocycles. The van der Waals surface area contributed by atoms with Crippen LogP contribution in [0.5, 0.6) is 0 Å². The van der Waals surface area contributed by atoms with Crippen LogP contribution in [-0.4, -0.2) is 50.0 Å². The molecule has 0 saturated heterocycles. The summed E-state index contributed by atoms with van der Waals surface area (Å²) in [5.74, 6) is -1.23. The molecule has 0 aromatic heterocycles. The summed E-state index contributed by atoms with van der Waals surface area (Å²) >= 11 is 0. The largest absolute Gasteiger partial charge is 0.480 e. The molecule has 0 aliphatic carbocycles. The zero-order valence-corrected chi connectivity index (χ0v) is 15.0. The Balaban J connectivity index is 0.000000922. The van der Waals surface area contributed by atoms with Gasteiger partial charge in [0.1, 0.15) is 12.6 Å².